The van der Waals surface area contributed by atoms with E-state index in [2.05, 4.69) is 5.32 Å². The van der Waals surface area contributed by atoms with Crippen LogP contribution in [0.25, 0.3) is 0 Å². The van der Waals surface area contributed by atoms with Crippen molar-refractivity contribution in [1.82, 2.24) is 5.32 Å². The smallest absolute Gasteiger partial charge is 0.252 e. The zero-order valence-corrected chi connectivity index (χ0v) is 9.88. The number of hydrogen-bond donors (Lipinski definition) is 2. The van der Waals surface area contributed by atoms with Crippen molar-refractivity contribution in [3.63, 3.8) is 0 Å². The van der Waals surface area contributed by atoms with Crippen molar-refractivity contribution in [2.75, 3.05) is 6.61 Å². The second kappa shape index (κ2) is 5.88. The number of carbonyl (C=O) groups is 1. The third-order valence-corrected chi connectivity index (χ3v) is 3.03. The molecule has 0 aliphatic carbocycles. The molecule has 1 aromatic heterocycles. The average Bonchev–Trinajstić information content (AvgIpc) is 2.69. The maximum atomic E-state index is 11.7. The van der Waals surface area contributed by atoms with Gasteiger partial charge in [0.2, 0.25) is 0 Å². The maximum absolute atomic E-state index is 11.7. The van der Waals surface area contributed by atoms with Crippen molar-refractivity contribution >= 4 is 17.2 Å². The topological polar surface area (TPSA) is 49.3 Å². The average molecular weight is 227 g/mol. The summed E-state index contributed by atoms with van der Waals surface area (Å²) in [4.78, 5) is 11.7. The quantitative estimate of drug-likeness (QED) is 0.807. The first-order valence-electron chi connectivity index (χ1n) is 5.09. The third-order valence-electron chi connectivity index (χ3n) is 2.34. The van der Waals surface area contributed by atoms with Crippen LogP contribution in [0.15, 0.2) is 16.8 Å². The lowest BCUT2D eigenvalue weighted by molar-refractivity contribution is 0.0917. The minimum atomic E-state index is -0.0524. The Hall–Kier alpha value is -0.870. The first-order valence-corrected chi connectivity index (χ1v) is 6.03. The Balaban J connectivity index is 2.55. The van der Waals surface area contributed by atoms with Crippen molar-refractivity contribution in [2.45, 2.75) is 26.3 Å². The molecule has 0 radical (unpaired) electrons. The van der Waals surface area contributed by atoms with Gasteiger partial charge in [-0.25, -0.2) is 0 Å². The molecule has 0 saturated heterocycles. The molecule has 84 valence electrons. The van der Waals surface area contributed by atoms with Crippen LogP contribution < -0.4 is 5.32 Å². The monoisotopic (exact) mass is 227 g/mol. The maximum Gasteiger partial charge on any atom is 0.252 e. The number of aliphatic hydroxyl groups excluding tert-OH is 1. The molecule has 0 fully saturated rings. The highest BCUT2D eigenvalue weighted by Crippen LogP contribution is 2.09. The normalized spacial score (nSPS) is 12.8. The molecule has 0 saturated carbocycles. The number of rotatable bonds is 5. The zero-order chi connectivity index (χ0) is 11.3. The molecule has 1 amide bonds. The minimum absolute atomic E-state index is 0.0439. The SMILES string of the molecule is CC(C)C(CCO)NC(=O)c1ccsc1. The summed E-state index contributed by atoms with van der Waals surface area (Å²) < 4.78 is 0. The standard InChI is InChI=1S/C11H17NO2S/c1-8(2)10(3-5-13)12-11(14)9-4-6-15-7-9/h4,6-8,10,13H,3,5H2,1-2H3,(H,12,14). The van der Waals surface area contributed by atoms with E-state index in [1.807, 2.05) is 24.6 Å². The van der Waals surface area contributed by atoms with Crippen LogP contribution in [0.5, 0.6) is 0 Å². The largest absolute Gasteiger partial charge is 0.396 e. The fourth-order valence-corrected chi connectivity index (χ4v) is 1.99. The van der Waals surface area contributed by atoms with Gasteiger partial charge < -0.3 is 10.4 Å². The molecular weight excluding hydrogens is 210 g/mol. The zero-order valence-electron chi connectivity index (χ0n) is 9.06. The van der Waals surface area contributed by atoms with Crippen LogP contribution in [0.4, 0.5) is 0 Å². The van der Waals surface area contributed by atoms with Gasteiger partial charge in [0.15, 0.2) is 0 Å². The van der Waals surface area contributed by atoms with Crippen LogP contribution >= 0.6 is 11.3 Å². The van der Waals surface area contributed by atoms with E-state index < -0.39 is 0 Å². The summed E-state index contributed by atoms with van der Waals surface area (Å²) in [6.07, 6.45) is 0.605. The fraction of sp³-hybridized carbons (Fsp3) is 0.545. The number of thiophene rings is 1. The summed E-state index contributed by atoms with van der Waals surface area (Å²) in [7, 11) is 0. The molecule has 0 aliphatic heterocycles. The highest BCUT2D eigenvalue weighted by molar-refractivity contribution is 7.08. The van der Waals surface area contributed by atoms with Crippen molar-refractivity contribution in [1.29, 1.82) is 0 Å². The molecule has 1 unspecified atom stereocenters. The minimum Gasteiger partial charge on any atom is -0.396 e. The van der Waals surface area contributed by atoms with Crippen molar-refractivity contribution < 1.29 is 9.90 Å². The number of amides is 1. The number of nitrogens with one attached hydrogen (secondary N) is 1. The Morgan fingerprint density at radius 2 is 2.33 bits per heavy atom. The van der Waals surface area contributed by atoms with Gasteiger partial charge in [0.25, 0.3) is 5.91 Å². The number of carbonyl (C=O) groups excluding carboxylic acids is 1. The predicted molar refractivity (Wildman–Crippen MR) is 62.1 cm³/mol. The van der Waals surface area contributed by atoms with E-state index in [1.54, 1.807) is 6.07 Å². The van der Waals surface area contributed by atoms with E-state index in [0.29, 0.717) is 17.9 Å². The molecule has 0 bridgehead atoms. The van der Waals surface area contributed by atoms with Gasteiger partial charge >= 0.3 is 0 Å². The molecule has 1 atom stereocenters. The molecule has 4 heteroatoms. The Bertz CT molecular complexity index is 296. The van der Waals surface area contributed by atoms with E-state index >= 15 is 0 Å². The van der Waals surface area contributed by atoms with Crippen LogP contribution in [-0.2, 0) is 0 Å². The molecule has 1 rings (SSSR count). The van der Waals surface area contributed by atoms with E-state index in [4.69, 9.17) is 5.11 Å². The van der Waals surface area contributed by atoms with Gasteiger partial charge in [0, 0.05) is 23.6 Å². The molecule has 0 aromatic carbocycles. The Kier molecular flexibility index (Phi) is 4.78. The van der Waals surface area contributed by atoms with Crippen molar-refractivity contribution in [3.8, 4) is 0 Å². The summed E-state index contributed by atoms with van der Waals surface area (Å²) in [6, 6.07) is 1.85. The summed E-state index contributed by atoms with van der Waals surface area (Å²) >= 11 is 1.51. The van der Waals surface area contributed by atoms with Crippen molar-refractivity contribution in [2.24, 2.45) is 5.92 Å². The molecule has 0 aliphatic rings. The third kappa shape index (κ3) is 3.64. The lowest BCUT2D eigenvalue weighted by Crippen LogP contribution is -2.39. The second-order valence-electron chi connectivity index (χ2n) is 3.85. The Labute approximate surface area is 94.1 Å². The Morgan fingerprint density at radius 1 is 1.60 bits per heavy atom. The van der Waals surface area contributed by atoms with E-state index in [0.717, 1.165) is 0 Å². The molecule has 0 spiro atoms. The summed E-state index contributed by atoms with van der Waals surface area (Å²) in [5, 5.41) is 15.5. The Morgan fingerprint density at radius 3 is 2.80 bits per heavy atom. The van der Waals surface area contributed by atoms with Gasteiger partial charge in [-0.3, -0.25) is 4.79 Å². The van der Waals surface area contributed by atoms with Gasteiger partial charge in [0.1, 0.15) is 0 Å². The van der Waals surface area contributed by atoms with Crippen LogP contribution in [0.1, 0.15) is 30.6 Å². The molecule has 3 nitrogen and oxygen atoms in total. The van der Waals surface area contributed by atoms with Crippen molar-refractivity contribution in [3.05, 3.63) is 22.4 Å². The molecule has 1 aromatic rings. The van der Waals surface area contributed by atoms with Gasteiger partial charge in [-0.1, -0.05) is 13.8 Å². The number of aliphatic hydroxyl groups is 1. The fourth-order valence-electron chi connectivity index (χ4n) is 1.36. The van der Waals surface area contributed by atoms with Crippen LogP contribution in [0, 0.1) is 5.92 Å². The summed E-state index contributed by atoms with van der Waals surface area (Å²) in [5.74, 6) is 0.281. The van der Waals surface area contributed by atoms with Gasteiger partial charge in [0.05, 0.1) is 0 Å². The first-order chi connectivity index (χ1) is 7.15. The predicted octanol–water partition coefficient (Wildman–Crippen LogP) is 1.88. The second-order valence-corrected chi connectivity index (χ2v) is 4.63. The molecule has 1 heterocycles. The van der Waals surface area contributed by atoms with E-state index in [-0.39, 0.29) is 18.6 Å². The van der Waals surface area contributed by atoms with Gasteiger partial charge in [-0.05, 0) is 23.8 Å². The van der Waals surface area contributed by atoms with E-state index in [1.165, 1.54) is 11.3 Å². The van der Waals surface area contributed by atoms with Gasteiger partial charge in [-0.15, -0.1) is 0 Å². The first kappa shape index (κ1) is 12.2. The van der Waals surface area contributed by atoms with Crippen LogP contribution in [-0.4, -0.2) is 23.7 Å². The summed E-state index contributed by atoms with van der Waals surface area (Å²) in [6.45, 7) is 4.18. The lowest BCUT2D eigenvalue weighted by Gasteiger charge is -2.21. The van der Waals surface area contributed by atoms with Crippen LogP contribution in [0.2, 0.25) is 0 Å². The van der Waals surface area contributed by atoms with Gasteiger partial charge in [-0.2, -0.15) is 11.3 Å². The molecule has 15 heavy (non-hydrogen) atoms. The lowest BCUT2D eigenvalue weighted by atomic mass is 10.0. The molecule has 2 N–H and O–H groups in total. The van der Waals surface area contributed by atoms with Crippen LogP contribution in [0.3, 0.4) is 0 Å². The van der Waals surface area contributed by atoms with E-state index in [9.17, 15) is 4.79 Å². The summed E-state index contributed by atoms with van der Waals surface area (Å²) in [5.41, 5.74) is 0.698. The highest BCUT2D eigenvalue weighted by atomic mass is 32.1. The number of hydrogen-bond acceptors (Lipinski definition) is 3. The molecular formula is C11H17NO2S. The highest BCUT2D eigenvalue weighted by Gasteiger charge is 2.16.